The van der Waals surface area contributed by atoms with E-state index in [9.17, 15) is 14.4 Å². The number of aryl methyl sites for hydroxylation is 1. The highest BCUT2D eigenvalue weighted by Gasteiger charge is 2.18. The van der Waals surface area contributed by atoms with Crippen molar-refractivity contribution in [2.24, 2.45) is 0 Å². The van der Waals surface area contributed by atoms with E-state index < -0.39 is 6.09 Å². The predicted octanol–water partition coefficient (Wildman–Crippen LogP) is 4.91. The van der Waals surface area contributed by atoms with Gasteiger partial charge in [0.25, 0.3) is 5.91 Å². The number of amides is 2. The quantitative estimate of drug-likeness (QED) is 0.313. The van der Waals surface area contributed by atoms with E-state index in [4.69, 9.17) is 21.4 Å². The smallest absolute Gasteiger partial charge is 0.411 e. The number of hydrogen-bond donors (Lipinski definition) is 4. The third kappa shape index (κ3) is 6.59. The van der Waals surface area contributed by atoms with Crippen molar-refractivity contribution < 1.29 is 24.2 Å². The van der Waals surface area contributed by atoms with Crippen LogP contribution in [0.2, 0.25) is 5.02 Å². The second-order valence-corrected chi connectivity index (χ2v) is 7.96. The number of aliphatic hydroxyl groups excluding tert-OH is 1. The Labute approximate surface area is 208 Å². The van der Waals surface area contributed by atoms with Gasteiger partial charge in [-0.1, -0.05) is 29.8 Å². The molecule has 0 heterocycles. The first kappa shape index (κ1) is 25.7. The van der Waals surface area contributed by atoms with Crippen LogP contribution < -0.4 is 16.0 Å². The highest BCUT2D eigenvalue weighted by molar-refractivity contribution is 6.35. The fourth-order valence-electron chi connectivity index (χ4n) is 3.34. The Kier molecular flexibility index (Phi) is 8.83. The summed E-state index contributed by atoms with van der Waals surface area (Å²) in [6.45, 7) is 3.69. The number of anilines is 3. The van der Waals surface area contributed by atoms with Gasteiger partial charge in [-0.15, -0.1) is 0 Å². The Balaban J connectivity index is 1.83. The maximum atomic E-state index is 13.2. The van der Waals surface area contributed by atoms with Crippen molar-refractivity contribution in [3.8, 4) is 0 Å². The van der Waals surface area contributed by atoms with E-state index in [0.29, 0.717) is 33.8 Å². The normalized spacial score (nSPS) is 10.4. The largest absolute Gasteiger partial charge is 0.450 e. The molecule has 0 atom stereocenters. The average molecular weight is 496 g/mol. The van der Waals surface area contributed by atoms with Crippen molar-refractivity contribution in [2.45, 2.75) is 13.8 Å². The molecule has 3 aromatic carbocycles. The van der Waals surface area contributed by atoms with Gasteiger partial charge in [0.1, 0.15) is 0 Å². The molecule has 0 saturated carbocycles. The first-order chi connectivity index (χ1) is 16.8. The highest BCUT2D eigenvalue weighted by Crippen LogP contribution is 2.30. The minimum absolute atomic E-state index is 0.120. The van der Waals surface area contributed by atoms with E-state index in [1.165, 1.54) is 6.07 Å². The number of ketones is 1. The summed E-state index contributed by atoms with van der Waals surface area (Å²) in [5.41, 5.74) is 3.40. The lowest BCUT2D eigenvalue weighted by Crippen LogP contribution is -2.26. The van der Waals surface area contributed by atoms with Gasteiger partial charge in [-0.3, -0.25) is 14.9 Å². The molecule has 0 saturated heterocycles. The Hall–Kier alpha value is -3.88. The molecule has 4 N–H and O–H groups in total. The summed E-state index contributed by atoms with van der Waals surface area (Å²) in [7, 11) is 0. The first-order valence-corrected chi connectivity index (χ1v) is 11.4. The van der Waals surface area contributed by atoms with Crippen molar-refractivity contribution in [3.05, 3.63) is 87.9 Å². The molecule has 0 spiro atoms. The number of nitrogens with one attached hydrogen (secondary N) is 3. The van der Waals surface area contributed by atoms with E-state index in [-0.39, 0.29) is 42.0 Å². The zero-order chi connectivity index (χ0) is 25.4. The van der Waals surface area contributed by atoms with Crippen LogP contribution in [0.15, 0.2) is 60.7 Å². The van der Waals surface area contributed by atoms with Crippen LogP contribution in [-0.2, 0) is 4.74 Å². The van der Waals surface area contributed by atoms with Gasteiger partial charge in [-0.05, 0) is 61.9 Å². The number of carbonyl (C=O) groups excluding carboxylic acids is 3. The maximum Gasteiger partial charge on any atom is 0.411 e. The molecular weight excluding hydrogens is 470 g/mol. The SMILES string of the molecule is CCOC(=O)Nc1ccccc1Nc1ccc(C(=O)c2cc(C(=O)NCCO)ccc2C)c(Cl)c1. The Morgan fingerprint density at radius 3 is 2.40 bits per heavy atom. The molecule has 3 rings (SSSR count). The second-order valence-electron chi connectivity index (χ2n) is 7.55. The van der Waals surface area contributed by atoms with E-state index in [1.54, 1.807) is 62.4 Å². The third-order valence-corrected chi connectivity index (χ3v) is 5.39. The van der Waals surface area contributed by atoms with Gasteiger partial charge in [0.15, 0.2) is 5.78 Å². The van der Waals surface area contributed by atoms with Gasteiger partial charge in [0.05, 0.1) is 29.6 Å². The van der Waals surface area contributed by atoms with E-state index >= 15 is 0 Å². The third-order valence-electron chi connectivity index (χ3n) is 5.07. The minimum atomic E-state index is -0.566. The lowest BCUT2D eigenvalue weighted by atomic mass is 9.96. The number of para-hydroxylation sites is 2. The molecule has 0 fully saturated rings. The first-order valence-electron chi connectivity index (χ1n) is 11.0. The van der Waals surface area contributed by atoms with Crippen molar-refractivity contribution >= 4 is 46.4 Å². The van der Waals surface area contributed by atoms with Crippen LogP contribution >= 0.6 is 11.6 Å². The molecule has 0 aromatic heterocycles. The molecule has 2 amide bonds. The van der Waals surface area contributed by atoms with Crippen molar-refractivity contribution in [2.75, 3.05) is 30.4 Å². The monoisotopic (exact) mass is 495 g/mol. The zero-order valence-electron chi connectivity index (χ0n) is 19.4. The number of ether oxygens (including phenoxy) is 1. The number of benzene rings is 3. The van der Waals surface area contributed by atoms with Gasteiger partial charge < -0.3 is 20.5 Å². The fourth-order valence-corrected chi connectivity index (χ4v) is 3.60. The summed E-state index contributed by atoms with van der Waals surface area (Å²) in [5, 5.41) is 17.6. The van der Waals surface area contributed by atoms with Crippen molar-refractivity contribution in [1.82, 2.24) is 5.32 Å². The van der Waals surface area contributed by atoms with Crippen molar-refractivity contribution in [3.63, 3.8) is 0 Å². The molecule has 182 valence electrons. The van der Waals surface area contributed by atoms with E-state index in [0.717, 1.165) is 0 Å². The van der Waals surface area contributed by atoms with Gasteiger partial charge in [0, 0.05) is 28.9 Å². The Bertz CT molecular complexity index is 1250. The lowest BCUT2D eigenvalue weighted by molar-refractivity contribution is 0.0944. The van der Waals surface area contributed by atoms with Crippen molar-refractivity contribution in [1.29, 1.82) is 0 Å². The number of carbonyl (C=O) groups is 3. The molecular formula is C26H26ClN3O5. The zero-order valence-corrected chi connectivity index (χ0v) is 20.1. The van der Waals surface area contributed by atoms with Gasteiger partial charge in [0.2, 0.25) is 0 Å². The van der Waals surface area contributed by atoms with E-state index in [2.05, 4.69) is 16.0 Å². The number of aliphatic hydroxyl groups is 1. The molecule has 0 bridgehead atoms. The van der Waals surface area contributed by atoms with Crippen LogP contribution in [0.1, 0.15) is 38.8 Å². The molecule has 0 radical (unpaired) electrons. The standard InChI is InChI=1S/C26H26ClN3O5/c1-3-35-26(34)30-23-7-5-4-6-22(23)29-18-10-11-19(21(27)15-18)24(32)20-14-17(9-8-16(20)2)25(33)28-12-13-31/h4-11,14-15,29,31H,3,12-13H2,1-2H3,(H,28,33)(H,30,34). The number of rotatable bonds is 9. The van der Waals surface area contributed by atoms with Gasteiger partial charge >= 0.3 is 6.09 Å². The minimum Gasteiger partial charge on any atom is -0.450 e. The lowest BCUT2D eigenvalue weighted by Gasteiger charge is -2.14. The number of halogens is 1. The maximum absolute atomic E-state index is 13.2. The van der Waals surface area contributed by atoms with Gasteiger partial charge in [-0.25, -0.2) is 4.79 Å². The summed E-state index contributed by atoms with van der Waals surface area (Å²) in [6.07, 6.45) is -0.566. The second kappa shape index (κ2) is 12.0. The Morgan fingerprint density at radius 2 is 1.71 bits per heavy atom. The van der Waals surface area contributed by atoms with Crippen LogP contribution in [0.5, 0.6) is 0 Å². The Morgan fingerprint density at radius 1 is 0.971 bits per heavy atom. The molecule has 9 heteroatoms. The number of hydrogen-bond acceptors (Lipinski definition) is 6. The van der Waals surface area contributed by atoms with Gasteiger partial charge in [-0.2, -0.15) is 0 Å². The molecule has 3 aromatic rings. The summed E-state index contributed by atoms with van der Waals surface area (Å²) in [5.74, 6) is -0.700. The summed E-state index contributed by atoms with van der Waals surface area (Å²) < 4.78 is 4.93. The van der Waals surface area contributed by atoms with Crippen LogP contribution in [0.4, 0.5) is 21.9 Å². The molecule has 35 heavy (non-hydrogen) atoms. The summed E-state index contributed by atoms with van der Waals surface area (Å²) >= 11 is 6.47. The summed E-state index contributed by atoms with van der Waals surface area (Å²) in [4.78, 5) is 37.3. The molecule has 0 aliphatic heterocycles. The molecule has 0 unspecified atom stereocenters. The fraction of sp³-hybridized carbons (Fsp3) is 0.192. The predicted molar refractivity (Wildman–Crippen MR) is 136 cm³/mol. The average Bonchev–Trinajstić information content (AvgIpc) is 2.84. The van der Waals surface area contributed by atoms with Crippen LogP contribution in [0.3, 0.4) is 0 Å². The summed E-state index contributed by atoms with van der Waals surface area (Å²) in [6, 6.07) is 16.9. The highest BCUT2D eigenvalue weighted by atomic mass is 35.5. The topological polar surface area (TPSA) is 117 Å². The van der Waals surface area contributed by atoms with Crippen LogP contribution in [0, 0.1) is 6.92 Å². The molecule has 0 aliphatic rings. The van der Waals surface area contributed by atoms with Crippen LogP contribution in [-0.4, -0.2) is 42.6 Å². The molecule has 0 aliphatic carbocycles. The van der Waals surface area contributed by atoms with Crippen LogP contribution in [0.25, 0.3) is 0 Å². The van der Waals surface area contributed by atoms with E-state index in [1.807, 2.05) is 6.07 Å². The molecule has 8 nitrogen and oxygen atoms in total.